The smallest absolute Gasteiger partial charge is 0.330 e. The van der Waals surface area contributed by atoms with Gasteiger partial charge in [-0.25, -0.2) is 4.79 Å². The number of hydrogen-bond donors (Lipinski definition) is 0. The van der Waals surface area contributed by atoms with Gasteiger partial charge in [-0.2, -0.15) is 0 Å². The molecule has 0 N–H and O–H groups in total. The lowest BCUT2D eigenvalue weighted by molar-refractivity contribution is -0.138. The van der Waals surface area contributed by atoms with Crippen molar-refractivity contribution in [1.82, 2.24) is 0 Å². The minimum atomic E-state index is -0.427. The second kappa shape index (κ2) is 10.2. The van der Waals surface area contributed by atoms with Gasteiger partial charge in [0.2, 0.25) is 0 Å². The van der Waals surface area contributed by atoms with Crippen LogP contribution in [-0.2, 0) is 9.53 Å². The van der Waals surface area contributed by atoms with Gasteiger partial charge in [0.1, 0.15) is 11.9 Å². The molecule has 0 aromatic heterocycles. The Morgan fingerprint density at radius 2 is 1.65 bits per heavy atom. The summed E-state index contributed by atoms with van der Waals surface area (Å²) >= 11 is 0. The Bertz CT molecular complexity index is 720. The number of hydrogen-bond acceptors (Lipinski definition) is 4. The van der Waals surface area contributed by atoms with Gasteiger partial charge in [0.05, 0.1) is 6.61 Å². The van der Waals surface area contributed by atoms with Gasteiger partial charge in [-0.1, -0.05) is 50.3 Å². The number of carbonyl (C=O) groups is 2. The Morgan fingerprint density at radius 3 is 2.27 bits per heavy atom. The molecular formula is C22H24O4. The Balaban J connectivity index is 1.96. The SMILES string of the molecule is C=CC(=O)OCCC(CCC)Oc1ccc(C(=O)c2ccccc2)cc1. The van der Waals surface area contributed by atoms with Gasteiger partial charge in [-0.05, 0) is 30.7 Å². The molecule has 4 heteroatoms. The molecular weight excluding hydrogens is 328 g/mol. The van der Waals surface area contributed by atoms with E-state index in [0.717, 1.165) is 18.9 Å². The monoisotopic (exact) mass is 352 g/mol. The van der Waals surface area contributed by atoms with Gasteiger partial charge in [0.15, 0.2) is 5.78 Å². The van der Waals surface area contributed by atoms with Crippen molar-refractivity contribution in [3.63, 3.8) is 0 Å². The van der Waals surface area contributed by atoms with Crippen LogP contribution in [0.4, 0.5) is 0 Å². The Kier molecular flexibility index (Phi) is 7.62. The minimum Gasteiger partial charge on any atom is -0.490 e. The van der Waals surface area contributed by atoms with Gasteiger partial charge in [0, 0.05) is 23.6 Å². The molecule has 0 bridgehead atoms. The molecule has 0 aliphatic carbocycles. The van der Waals surface area contributed by atoms with Gasteiger partial charge < -0.3 is 9.47 Å². The minimum absolute atomic E-state index is 0.0152. The van der Waals surface area contributed by atoms with E-state index in [-0.39, 0.29) is 11.9 Å². The van der Waals surface area contributed by atoms with Crippen molar-refractivity contribution in [2.24, 2.45) is 0 Å². The first-order chi connectivity index (χ1) is 12.6. The number of esters is 1. The predicted octanol–water partition coefficient (Wildman–Crippen LogP) is 4.58. The van der Waals surface area contributed by atoms with Gasteiger partial charge in [-0.3, -0.25) is 4.79 Å². The van der Waals surface area contributed by atoms with Crippen LogP contribution in [0.2, 0.25) is 0 Å². The first-order valence-electron chi connectivity index (χ1n) is 8.79. The fourth-order valence-corrected chi connectivity index (χ4v) is 2.57. The van der Waals surface area contributed by atoms with E-state index in [4.69, 9.17) is 9.47 Å². The van der Waals surface area contributed by atoms with Crippen LogP contribution in [-0.4, -0.2) is 24.5 Å². The lowest BCUT2D eigenvalue weighted by Gasteiger charge is -2.18. The Hall–Kier alpha value is -2.88. The average Bonchev–Trinajstić information content (AvgIpc) is 2.68. The molecule has 0 aliphatic heterocycles. The number of ether oxygens (including phenoxy) is 2. The van der Waals surface area contributed by atoms with E-state index >= 15 is 0 Å². The zero-order valence-electron chi connectivity index (χ0n) is 15.0. The van der Waals surface area contributed by atoms with Crippen molar-refractivity contribution in [2.45, 2.75) is 32.3 Å². The standard InChI is InChI=1S/C22H24O4/c1-3-8-19(15-16-25-21(23)4-2)26-20-13-11-18(12-14-20)22(24)17-9-6-5-7-10-17/h4-7,9-14,19H,2-3,8,15-16H2,1H3. The molecule has 0 heterocycles. The maximum absolute atomic E-state index is 12.4. The highest BCUT2D eigenvalue weighted by Crippen LogP contribution is 2.19. The number of rotatable bonds is 10. The summed E-state index contributed by atoms with van der Waals surface area (Å²) in [5, 5.41) is 0. The van der Waals surface area contributed by atoms with E-state index in [9.17, 15) is 9.59 Å². The third-order valence-electron chi connectivity index (χ3n) is 3.92. The lowest BCUT2D eigenvalue weighted by Crippen LogP contribution is -2.19. The fourth-order valence-electron chi connectivity index (χ4n) is 2.57. The van der Waals surface area contributed by atoms with E-state index in [2.05, 4.69) is 13.5 Å². The number of benzene rings is 2. The molecule has 2 aromatic carbocycles. The largest absolute Gasteiger partial charge is 0.490 e. The molecule has 0 amide bonds. The summed E-state index contributed by atoms with van der Waals surface area (Å²) in [6.45, 7) is 5.74. The molecule has 26 heavy (non-hydrogen) atoms. The third-order valence-corrected chi connectivity index (χ3v) is 3.92. The number of carbonyl (C=O) groups excluding carboxylic acids is 2. The molecule has 0 spiro atoms. The van der Waals surface area contributed by atoms with E-state index < -0.39 is 5.97 Å². The molecule has 136 valence electrons. The van der Waals surface area contributed by atoms with Gasteiger partial charge in [0.25, 0.3) is 0 Å². The molecule has 4 nitrogen and oxygen atoms in total. The van der Waals surface area contributed by atoms with E-state index in [1.807, 2.05) is 18.2 Å². The van der Waals surface area contributed by atoms with Crippen LogP contribution in [0.15, 0.2) is 67.3 Å². The highest BCUT2D eigenvalue weighted by atomic mass is 16.5. The van der Waals surface area contributed by atoms with Crippen molar-refractivity contribution in [3.05, 3.63) is 78.4 Å². The van der Waals surface area contributed by atoms with Crippen LogP contribution < -0.4 is 4.74 Å². The topological polar surface area (TPSA) is 52.6 Å². The summed E-state index contributed by atoms with van der Waals surface area (Å²) in [6, 6.07) is 16.3. The molecule has 1 atom stereocenters. The van der Waals surface area contributed by atoms with Crippen LogP contribution in [0.25, 0.3) is 0 Å². The second-order valence-electron chi connectivity index (χ2n) is 5.91. The van der Waals surface area contributed by atoms with Crippen molar-refractivity contribution >= 4 is 11.8 Å². The molecule has 1 unspecified atom stereocenters. The summed E-state index contributed by atoms with van der Waals surface area (Å²) in [4.78, 5) is 23.5. The highest BCUT2D eigenvalue weighted by molar-refractivity contribution is 6.08. The van der Waals surface area contributed by atoms with E-state index in [1.54, 1.807) is 36.4 Å². The average molecular weight is 352 g/mol. The van der Waals surface area contributed by atoms with Gasteiger partial charge >= 0.3 is 5.97 Å². The second-order valence-corrected chi connectivity index (χ2v) is 5.91. The zero-order chi connectivity index (χ0) is 18.8. The fraction of sp³-hybridized carbons (Fsp3) is 0.273. The third kappa shape index (κ3) is 5.88. The summed E-state index contributed by atoms with van der Waals surface area (Å²) in [6.07, 6.45) is 3.53. The first kappa shape index (κ1) is 19.4. The molecule has 2 aromatic rings. The maximum atomic E-state index is 12.4. The van der Waals surface area contributed by atoms with Gasteiger partial charge in [-0.15, -0.1) is 0 Å². The van der Waals surface area contributed by atoms with Crippen molar-refractivity contribution in [3.8, 4) is 5.75 Å². The molecule has 0 saturated heterocycles. The van der Waals surface area contributed by atoms with Crippen LogP contribution in [0.3, 0.4) is 0 Å². The quantitative estimate of drug-likeness (QED) is 0.357. The maximum Gasteiger partial charge on any atom is 0.330 e. The summed E-state index contributed by atoms with van der Waals surface area (Å²) in [7, 11) is 0. The van der Waals surface area contributed by atoms with Crippen LogP contribution in [0.1, 0.15) is 42.1 Å². The Labute approximate surface area is 154 Å². The number of ketones is 1. The summed E-state index contributed by atoms with van der Waals surface area (Å²) in [5.74, 6) is 0.255. The summed E-state index contributed by atoms with van der Waals surface area (Å²) in [5.41, 5.74) is 1.28. The van der Waals surface area contributed by atoms with Crippen LogP contribution >= 0.6 is 0 Å². The lowest BCUT2D eigenvalue weighted by atomic mass is 10.0. The van der Waals surface area contributed by atoms with Crippen LogP contribution in [0, 0.1) is 0 Å². The highest BCUT2D eigenvalue weighted by Gasteiger charge is 2.12. The molecule has 0 saturated carbocycles. The molecule has 0 aliphatic rings. The zero-order valence-corrected chi connectivity index (χ0v) is 15.0. The van der Waals surface area contributed by atoms with E-state index in [0.29, 0.717) is 29.9 Å². The van der Waals surface area contributed by atoms with E-state index in [1.165, 1.54) is 0 Å². The van der Waals surface area contributed by atoms with Crippen molar-refractivity contribution < 1.29 is 19.1 Å². The normalized spacial score (nSPS) is 11.4. The van der Waals surface area contributed by atoms with Crippen molar-refractivity contribution in [2.75, 3.05) is 6.61 Å². The van der Waals surface area contributed by atoms with Crippen molar-refractivity contribution in [1.29, 1.82) is 0 Å². The Morgan fingerprint density at radius 1 is 1.00 bits per heavy atom. The first-order valence-corrected chi connectivity index (χ1v) is 8.79. The summed E-state index contributed by atoms with van der Waals surface area (Å²) < 4.78 is 11.0. The molecule has 0 radical (unpaired) electrons. The molecule has 0 fully saturated rings. The predicted molar refractivity (Wildman–Crippen MR) is 101 cm³/mol. The van der Waals surface area contributed by atoms with Crippen LogP contribution in [0.5, 0.6) is 5.75 Å². The molecule has 2 rings (SSSR count).